The topological polar surface area (TPSA) is 52.9 Å². The van der Waals surface area contributed by atoms with Crippen molar-refractivity contribution in [1.82, 2.24) is 5.32 Å². The Labute approximate surface area is 118 Å². The molecule has 0 saturated heterocycles. The van der Waals surface area contributed by atoms with Gasteiger partial charge in [-0.2, -0.15) is 5.26 Å². The zero-order valence-electron chi connectivity index (χ0n) is 11.6. The van der Waals surface area contributed by atoms with Crippen molar-refractivity contribution in [3.8, 4) is 6.07 Å². The minimum absolute atomic E-state index is 0.130. The van der Waals surface area contributed by atoms with Gasteiger partial charge < -0.3 is 5.32 Å². The first-order chi connectivity index (χ1) is 9.60. The molecule has 0 aliphatic rings. The van der Waals surface area contributed by atoms with Crippen molar-refractivity contribution in [2.45, 2.75) is 20.4 Å². The lowest BCUT2D eigenvalue weighted by atomic mass is 10.1. The molecule has 0 bridgehead atoms. The summed E-state index contributed by atoms with van der Waals surface area (Å²) in [5, 5.41) is 11.6. The molecule has 0 aromatic heterocycles. The van der Waals surface area contributed by atoms with Gasteiger partial charge in [0.1, 0.15) is 0 Å². The number of nitriles is 1. The zero-order chi connectivity index (χ0) is 14.5. The molecule has 0 atom stereocenters. The molecule has 0 aliphatic carbocycles. The molecule has 100 valence electrons. The van der Waals surface area contributed by atoms with E-state index in [-0.39, 0.29) is 5.91 Å². The van der Waals surface area contributed by atoms with E-state index in [0.717, 1.165) is 5.56 Å². The number of benzene rings is 2. The van der Waals surface area contributed by atoms with Crippen LogP contribution in [-0.2, 0) is 6.54 Å². The minimum atomic E-state index is -0.130. The van der Waals surface area contributed by atoms with Crippen molar-refractivity contribution in [3.05, 3.63) is 70.3 Å². The van der Waals surface area contributed by atoms with Gasteiger partial charge in [-0.1, -0.05) is 23.8 Å². The van der Waals surface area contributed by atoms with Crippen LogP contribution in [0.4, 0.5) is 0 Å². The van der Waals surface area contributed by atoms with Crippen molar-refractivity contribution in [3.63, 3.8) is 0 Å². The molecule has 1 amide bonds. The fourth-order valence-electron chi connectivity index (χ4n) is 2.02. The van der Waals surface area contributed by atoms with E-state index in [1.807, 2.05) is 32.0 Å². The molecule has 0 saturated carbocycles. The maximum Gasteiger partial charge on any atom is 0.251 e. The summed E-state index contributed by atoms with van der Waals surface area (Å²) in [5.74, 6) is -0.130. The highest BCUT2D eigenvalue weighted by molar-refractivity contribution is 5.94. The molecular formula is C17H16N2O. The maximum absolute atomic E-state index is 12.0. The average molecular weight is 264 g/mol. The van der Waals surface area contributed by atoms with E-state index in [2.05, 4.69) is 11.4 Å². The van der Waals surface area contributed by atoms with E-state index in [4.69, 9.17) is 5.26 Å². The van der Waals surface area contributed by atoms with Crippen molar-refractivity contribution in [1.29, 1.82) is 5.26 Å². The zero-order valence-corrected chi connectivity index (χ0v) is 11.6. The molecular weight excluding hydrogens is 248 g/mol. The number of aryl methyl sites for hydroxylation is 2. The molecule has 0 fully saturated rings. The summed E-state index contributed by atoms with van der Waals surface area (Å²) >= 11 is 0. The number of carbonyl (C=O) groups excluding carboxylic acids is 1. The molecule has 0 unspecified atom stereocenters. The normalized spacial score (nSPS) is 9.85. The molecule has 2 aromatic rings. The molecule has 0 aliphatic heterocycles. The van der Waals surface area contributed by atoms with E-state index in [1.54, 1.807) is 24.3 Å². The highest BCUT2D eigenvalue weighted by Gasteiger charge is 2.06. The van der Waals surface area contributed by atoms with Gasteiger partial charge in [-0.05, 0) is 49.2 Å². The third-order valence-corrected chi connectivity index (χ3v) is 3.21. The van der Waals surface area contributed by atoms with Crippen LogP contribution in [0.25, 0.3) is 0 Å². The Hall–Kier alpha value is -2.60. The van der Waals surface area contributed by atoms with Crippen molar-refractivity contribution in [2.75, 3.05) is 0 Å². The van der Waals surface area contributed by atoms with Crippen LogP contribution in [0.15, 0.2) is 42.5 Å². The number of rotatable bonds is 3. The molecule has 3 nitrogen and oxygen atoms in total. The fraction of sp³-hybridized carbons (Fsp3) is 0.176. The molecule has 0 spiro atoms. The van der Waals surface area contributed by atoms with Gasteiger partial charge in [0.25, 0.3) is 5.91 Å². The van der Waals surface area contributed by atoms with Crippen LogP contribution in [0.5, 0.6) is 0 Å². The highest BCUT2D eigenvalue weighted by atomic mass is 16.1. The second-order valence-electron chi connectivity index (χ2n) is 4.80. The Morgan fingerprint density at radius 3 is 2.45 bits per heavy atom. The lowest BCUT2D eigenvalue weighted by Gasteiger charge is -2.09. The molecule has 0 radical (unpaired) electrons. The maximum atomic E-state index is 12.0. The van der Waals surface area contributed by atoms with Gasteiger partial charge in [-0.15, -0.1) is 0 Å². The van der Waals surface area contributed by atoms with Gasteiger partial charge in [-0.25, -0.2) is 0 Å². The highest BCUT2D eigenvalue weighted by Crippen LogP contribution is 2.10. The number of hydrogen-bond donors (Lipinski definition) is 1. The third-order valence-electron chi connectivity index (χ3n) is 3.21. The van der Waals surface area contributed by atoms with Gasteiger partial charge in [0.05, 0.1) is 11.6 Å². The number of nitrogens with one attached hydrogen (secondary N) is 1. The third kappa shape index (κ3) is 3.24. The van der Waals surface area contributed by atoms with Gasteiger partial charge >= 0.3 is 0 Å². The van der Waals surface area contributed by atoms with Crippen LogP contribution in [0.2, 0.25) is 0 Å². The first-order valence-electron chi connectivity index (χ1n) is 6.44. The smallest absolute Gasteiger partial charge is 0.251 e. The van der Waals surface area contributed by atoms with Crippen LogP contribution in [-0.4, -0.2) is 5.91 Å². The second kappa shape index (κ2) is 6.03. The standard InChI is InChI=1S/C17H16N2O/c1-12-3-6-16(13(2)9-12)11-19-17(20)15-7-4-14(10-18)5-8-15/h3-9H,11H2,1-2H3,(H,19,20). The van der Waals surface area contributed by atoms with E-state index in [1.165, 1.54) is 11.1 Å². The van der Waals surface area contributed by atoms with Gasteiger partial charge in [0, 0.05) is 12.1 Å². The van der Waals surface area contributed by atoms with Gasteiger partial charge in [0.2, 0.25) is 0 Å². The van der Waals surface area contributed by atoms with Crippen LogP contribution in [0.1, 0.15) is 32.6 Å². The van der Waals surface area contributed by atoms with Gasteiger partial charge in [-0.3, -0.25) is 4.79 Å². The number of hydrogen-bond acceptors (Lipinski definition) is 2. The van der Waals surface area contributed by atoms with Crippen molar-refractivity contribution < 1.29 is 4.79 Å². The quantitative estimate of drug-likeness (QED) is 0.926. The summed E-state index contributed by atoms with van der Waals surface area (Å²) in [6.07, 6.45) is 0. The molecule has 1 N–H and O–H groups in total. The molecule has 2 aromatic carbocycles. The van der Waals surface area contributed by atoms with E-state index >= 15 is 0 Å². The van der Waals surface area contributed by atoms with Crippen LogP contribution < -0.4 is 5.32 Å². The summed E-state index contributed by atoms with van der Waals surface area (Å²) < 4.78 is 0. The van der Waals surface area contributed by atoms with Crippen LogP contribution in [0.3, 0.4) is 0 Å². The van der Waals surface area contributed by atoms with E-state index in [9.17, 15) is 4.79 Å². The predicted molar refractivity (Wildman–Crippen MR) is 78.2 cm³/mol. The fourth-order valence-corrected chi connectivity index (χ4v) is 2.02. The summed E-state index contributed by atoms with van der Waals surface area (Å²) in [6, 6.07) is 14.8. The predicted octanol–water partition coefficient (Wildman–Crippen LogP) is 3.11. The summed E-state index contributed by atoms with van der Waals surface area (Å²) in [6.45, 7) is 4.59. The average Bonchev–Trinajstić information content (AvgIpc) is 2.46. The summed E-state index contributed by atoms with van der Waals surface area (Å²) in [4.78, 5) is 12.0. The Morgan fingerprint density at radius 1 is 1.15 bits per heavy atom. The molecule has 3 heteroatoms. The van der Waals surface area contributed by atoms with E-state index < -0.39 is 0 Å². The molecule has 20 heavy (non-hydrogen) atoms. The first kappa shape index (κ1) is 13.8. The second-order valence-corrected chi connectivity index (χ2v) is 4.80. The molecule has 0 heterocycles. The monoisotopic (exact) mass is 264 g/mol. The minimum Gasteiger partial charge on any atom is -0.348 e. The summed E-state index contributed by atoms with van der Waals surface area (Å²) in [7, 11) is 0. The lowest BCUT2D eigenvalue weighted by molar-refractivity contribution is 0.0951. The van der Waals surface area contributed by atoms with Crippen molar-refractivity contribution in [2.24, 2.45) is 0 Å². The molecule has 2 rings (SSSR count). The lowest BCUT2D eigenvalue weighted by Crippen LogP contribution is -2.23. The summed E-state index contributed by atoms with van der Waals surface area (Å²) in [5.41, 5.74) is 4.61. The SMILES string of the molecule is Cc1ccc(CNC(=O)c2ccc(C#N)cc2)c(C)c1. The van der Waals surface area contributed by atoms with Crippen LogP contribution in [0, 0.1) is 25.2 Å². The Bertz CT molecular complexity index is 666. The first-order valence-corrected chi connectivity index (χ1v) is 6.44. The number of carbonyl (C=O) groups is 1. The Balaban J connectivity index is 2.03. The van der Waals surface area contributed by atoms with Crippen LogP contribution >= 0.6 is 0 Å². The largest absolute Gasteiger partial charge is 0.348 e. The van der Waals surface area contributed by atoms with Gasteiger partial charge in [0.15, 0.2) is 0 Å². The van der Waals surface area contributed by atoms with E-state index in [0.29, 0.717) is 17.7 Å². The number of amides is 1. The Kier molecular flexibility index (Phi) is 4.17. The Morgan fingerprint density at radius 2 is 1.85 bits per heavy atom. The number of nitrogens with zero attached hydrogens (tertiary/aromatic N) is 1. The van der Waals surface area contributed by atoms with Crippen molar-refractivity contribution >= 4 is 5.91 Å².